The third-order valence-electron chi connectivity index (χ3n) is 4.15. The molecular weight excluding hydrogens is 372 g/mol. The number of nitrogens with two attached hydrogens (primary N) is 1. The van der Waals surface area contributed by atoms with Crippen molar-refractivity contribution in [3.05, 3.63) is 76.9 Å². The van der Waals surface area contributed by atoms with Crippen LogP contribution in [0, 0.1) is 13.5 Å². The maximum absolute atomic E-state index is 11.5. The van der Waals surface area contributed by atoms with E-state index in [0.29, 0.717) is 22.7 Å². The second-order valence-corrected chi connectivity index (χ2v) is 6.25. The molecular formula is C21H18N4O4. The maximum Gasteiger partial charge on any atom is 0.267 e. The van der Waals surface area contributed by atoms with Crippen LogP contribution in [0.4, 0.5) is 5.69 Å². The average Bonchev–Trinajstić information content (AvgIpc) is 2.73. The van der Waals surface area contributed by atoms with Crippen LogP contribution in [0.2, 0.25) is 0 Å². The molecule has 1 heterocycles. The molecule has 0 saturated carbocycles. The molecule has 29 heavy (non-hydrogen) atoms. The standard InChI is InChI=1S/C21H18N4O4/c1-12-9-15(7-8-16(12)23-2)29-14-5-3-13(4-6-14)21-24-17(19(27)11-26)10-18(25-21)20(22)28/h3-10,19,26-27H,11H2,1H3,(H2,22,28)/t19-/m0/s1. The zero-order chi connectivity index (χ0) is 21.0. The molecule has 0 bridgehead atoms. The Kier molecular flexibility index (Phi) is 5.83. The first-order valence-corrected chi connectivity index (χ1v) is 8.65. The number of aromatic nitrogens is 2. The van der Waals surface area contributed by atoms with Gasteiger partial charge in [-0.2, -0.15) is 0 Å². The molecule has 0 unspecified atom stereocenters. The molecule has 2 aromatic carbocycles. The molecule has 3 rings (SSSR count). The molecule has 8 nitrogen and oxygen atoms in total. The van der Waals surface area contributed by atoms with Crippen molar-refractivity contribution >= 4 is 11.6 Å². The molecule has 0 aliphatic carbocycles. The predicted molar refractivity (Wildman–Crippen MR) is 106 cm³/mol. The molecule has 0 spiro atoms. The molecule has 0 fully saturated rings. The van der Waals surface area contributed by atoms with Gasteiger partial charge in [-0.3, -0.25) is 4.79 Å². The van der Waals surface area contributed by atoms with Crippen LogP contribution in [0.1, 0.15) is 27.8 Å². The first kappa shape index (κ1) is 19.9. The highest BCUT2D eigenvalue weighted by atomic mass is 16.5. The third kappa shape index (κ3) is 4.55. The molecule has 0 radical (unpaired) electrons. The van der Waals surface area contributed by atoms with Gasteiger partial charge in [0.15, 0.2) is 11.5 Å². The van der Waals surface area contributed by atoms with Crippen molar-refractivity contribution in [2.45, 2.75) is 13.0 Å². The molecule has 3 aromatic rings. The molecule has 4 N–H and O–H groups in total. The van der Waals surface area contributed by atoms with E-state index in [-0.39, 0.29) is 17.2 Å². The first-order chi connectivity index (χ1) is 13.9. The largest absolute Gasteiger partial charge is 0.457 e. The molecule has 0 aliphatic rings. The van der Waals surface area contributed by atoms with Crippen molar-refractivity contribution in [3.8, 4) is 22.9 Å². The van der Waals surface area contributed by atoms with Gasteiger partial charge >= 0.3 is 0 Å². The van der Waals surface area contributed by atoms with E-state index < -0.39 is 18.6 Å². The number of carbonyl (C=O) groups is 1. The summed E-state index contributed by atoms with van der Waals surface area (Å²) in [6.45, 7) is 8.38. The minimum absolute atomic E-state index is 0.0619. The normalized spacial score (nSPS) is 11.5. The van der Waals surface area contributed by atoms with Crippen LogP contribution in [0.3, 0.4) is 0 Å². The SMILES string of the molecule is [C-]#[N+]c1ccc(Oc2ccc(-c3nc(C(N)=O)cc([C@@H](O)CO)n3)cc2)cc1C. The molecule has 1 amide bonds. The predicted octanol–water partition coefficient (Wildman–Crippen LogP) is 2.92. The number of hydrogen-bond acceptors (Lipinski definition) is 6. The van der Waals surface area contributed by atoms with Crippen LogP contribution in [0.25, 0.3) is 16.2 Å². The van der Waals surface area contributed by atoms with Gasteiger partial charge in [0.1, 0.15) is 23.3 Å². The number of nitrogens with zero attached hydrogens (tertiary/aromatic N) is 3. The van der Waals surface area contributed by atoms with E-state index in [1.54, 1.807) is 42.5 Å². The maximum atomic E-state index is 11.5. The Balaban J connectivity index is 1.88. The summed E-state index contributed by atoms with van der Waals surface area (Å²) in [5.74, 6) is 0.583. The Labute approximate surface area is 167 Å². The smallest absolute Gasteiger partial charge is 0.267 e. The van der Waals surface area contributed by atoms with Crippen molar-refractivity contribution in [1.29, 1.82) is 0 Å². The molecule has 0 aliphatic heterocycles. The second kappa shape index (κ2) is 8.48. The van der Waals surface area contributed by atoms with Crippen molar-refractivity contribution < 1.29 is 19.7 Å². The van der Waals surface area contributed by atoms with Crippen molar-refractivity contribution in [2.75, 3.05) is 6.61 Å². The quantitative estimate of drug-likeness (QED) is 0.556. The fourth-order valence-corrected chi connectivity index (χ4v) is 2.61. The molecule has 1 atom stereocenters. The summed E-state index contributed by atoms with van der Waals surface area (Å²) < 4.78 is 5.80. The van der Waals surface area contributed by atoms with E-state index in [1.807, 2.05) is 6.92 Å². The zero-order valence-electron chi connectivity index (χ0n) is 15.5. The van der Waals surface area contributed by atoms with E-state index in [4.69, 9.17) is 22.1 Å². The molecule has 1 aromatic heterocycles. The zero-order valence-corrected chi connectivity index (χ0v) is 15.5. The van der Waals surface area contributed by atoms with Crippen molar-refractivity contribution in [2.24, 2.45) is 5.73 Å². The number of aliphatic hydroxyl groups excluding tert-OH is 2. The van der Waals surface area contributed by atoms with Gasteiger partial charge in [0, 0.05) is 5.56 Å². The first-order valence-electron chi connectivity index (χ1n) is 8.65. The molecule has 146 valence electrons. The van der Waals surface area contributed by atoms with Gasteiger partial charge < -0.3 is 20.7 Å². The second-order valence-electron chi connectivity index (χ2n) is 6.25. The monoisotopic (exact) mass is 390 g/mol. The van der Waals surface area contributed by atoms with E-state index in [9.17, 15) is 9.90 Å². The Morgan fingerprint density at radius 2 is 1.86 bits per heavy atom. The summed E-state index contributed by atoms with van der Waals surface area (Å²) in [4.78, 5) is 23.3. The van der Waals surface area contributed by atoms with Gasteiger partial charge in [-0.1, -0.05) is 6.07 Å². The summed E-state index contributed by atoms with van der Waals surface area (Å²) in [6, 6.07) is 13.3. The summed E-state index contributed by atoms with van der Waals surface area (Å²) in [5.41, 5.74) is 7.30. The van der Waals surface area contributed by atoms with Crippen LogP contribution < -0.4 is 10.5 Å². The Bertz CT molecular complexity index is 1090. The summed E-state index contributed by atoms with van der Waals surface area (Å²) >= 11 is 0. The fourth-order valence-electron chi connectivity index (χ4n) is 2.61. The number of rotatable bonds is 6. The van der Waals surface area contributed by atoms with E-state index >= 15 is 0 Å². The van der Waals surface area contributed by atoms with Gasteiger partial charge in [-0.15, -0.1) is 0 Å². The van der Waals surface area contributed by atoms with Crippen LogP contribution in [0.15, 0.2) is 48.5 Å². The number of ether oxygens (including phenoxy) is 1. The van der Waals surface area contributed by atoms with Gasteiger partial charge in [-0.25, -0.2) is 14.8 Å². The minimum atomic E-state index is -1.25. The highest BCUT2D eigenvalue weighted by Crippen LogP contribution is 2.29. The van der Waals surface area contributed by atoms with E-state index in [1.165, 1.54) is 6.07 Å². The lowest BCUT2D eigenvalue weighted by Crippen LogP contribution is -2.16. The highest BCUT2D eigenvalue weighted by Gasteiger charge is 2.15. The van der Waals surface area contributed by atoms with Crippen molar-refractivity contribution in [3.63, 3.8) is 0 Å². The lowest BCUT2D eigenvalue weighted by Gasteiger charge is -2.11. The number of carbonyl (C=O) groups excluding carboxylic acids is 1. The highest BCUT2D eigenvalue weighted by molar-refractivity contribution is 5.91. The lowest BCUT2D eigenvalue weighted by molar-refractivity contribution is 0.0916. The molecule has 0 saturated heterocycles. The minimum Gasteiger partial charge on any atom is -0.457 e. The fraction of sp³-hybridized carbons (Fsp3) is 0.143. The Morgan fingerprint density at radius 3 is 2.45 bits per heavy atom. The summed E-state index contributed by atoms with van der Waals surface area (Å²) in [7, 11) is 0. The van der Waals surface area contributed by atoms with Crippen LogP contribution >= 0.6 is 0 Å². The summed E-state index contributed by atoms with van der Waals surface area (Å²) in [6.07, 6.45) is -1.25. The number of primary amides is 1. The van der Waals surface area contributed by atoms with Crippen LogP contribution in [-0.2, 0) is 0 Å². The lowest BCUT2D eigenvalue weighted by atomic mass is 10.1. The topological polar surface area (TPSA) is 123 Å². The van der Waals surface area contributed by atoms with Crippen LogP contribution in [-0.4, -0.2) is 32.7 Å². The van der Waals surface area contributed by atoms with Gasteiger partial charge in [-0.05, 0) is 55.0 Å². The third-order valence-corrected chi connectivity index (χ3v) is 4.15. The number of amides is 1. The van der Waals surface area contributed by atoms with Gasteiger partial charge in [0.05, 0.1) is 18.9 Å². The van der Waals surface area contributed by atoms with E-state index in [2.05, 4.69) is 14.8 Å². The summed E-state index contributed by atoms with van der Waals surface area (Å²) in [5, 5.41) is 19.0. The number of hydrogen-bond donors (Lipinski definition) is 3. The van der Waals surface area contributed by atoms with Crippen molar-refractivity contribution in [1.82, 2.24) is 9.97 Å². The van der Waals surface area contributed by atoms with Gasteiger partial charge in [0.2, 0.25) is 0 Å². The number of aryl methyl sites for hydroxylation is 1. The molecule has 8 heteroatoms. The number of benzene rings is 2. The Hall–Kier alpha value is -3.80. The van der Waals surface area contributed by atoms with Gasteiger partial charge in [0.25, 0.3) is 5.91 Å². The Morgan fingerprint density at radius 1 is 1.17 bits per heavy atom. The average molecular weight is 390 g/mol. The number of aliphatic hydroxyl groups is 2. The van der Waals surface area contributed by atoms with E-state index in [0.717, 1.165) is 5.56 Å². The van der Waals surface area contributed by atoms with Crippen LogP contribution in [0.5, 0.6) is 11.5 Å².